The minimum atomic E-state index is -0.611. The Balaban J connectivity index is 1.42. The molecule has 0 aliphatic carbocycles. The number of amides is 1. The van der Waals surface area contributed by atoms with Crippen molar-refractivity contribution in [3.05, 3.63) is 74.9 Å². The molecule has 0 radical (unpaired) electrons. The summed E-state index contributed by atoms with van der Waals surface area (Å²) in [6.45, 7) is 0.905. The van der Waals surface area contributed by atoms with Crippen LogP contribution in [0.1, 0.15) is 35.0 Å². The summed E-state index contributed by atoms with van der Waals surface area (Å²) >= 11 is 5.81. The molecule has 2 aromatic carbocycles. The quantitative estimate of drug-likeness (QED) is 0.447. The van der Waals surface area contributed by atoms with Crippen molar-refractivity contribution < 1.29 is 18.5 Å². The first-order valence-electron chi connectivity index (χ1n) is 9.25. The van der Waals surface area contributed by atoms with Gasteiger partial charge in [-0.1, -0.05) is 11.6 Å². The minimum Gasteiger partial charge on any atom is -0.420 e. The van der Waals surface area contributed by atoms with Gasteiger partial charge in [-0.25, -0.2) is 4.39 Å². The van der Waals surface area contributed by atoms with Gasteiger partial charge in [-0.3, -0.25) is 14.9 Å². The number of nitro benzene ring substituents is 1. The standard InChI is InChI=1S/C20H16ClFN4O4/c21-16-6-3-14(11-17(16)26(28)29)20(27)25-9-7-13(8-10-25)19-24-23-18(30-19)12-1-4-15(22)5-2-12/h1-6,11,13H,7-10H2. The fourth-order valence-electron chi connectivity index (χ4n) is 3.41. The Hall–Kier alpha value is -3.33. The summed E-state index contributed by atoms with van der Waals surface area (Å²) in [5.41, 5.74) is 0.560. The first kappa shape index (κ1) is 20.0. The highest BCUT2D eigenvalue weighted by atomic mass is 35.5. The van der Waals surface area contributed by atoms with Crippen molar-refractivity contribution in [2.75, 3.05) is 13.1 Å². The summed E-state index contributed by atoms with van der Waals surface area (Å²) in [7, 11) is 0. The fourth-order valence-corrected chi connectivity index (χ4v) is 3.59. The van der Waals surface area contributed by atoms with Crippen molar-refractivity contribution >= 4 is 23.2 Å². The highest BCUT2D eigenvalue weighted by Gasteiger charge is 2.29. The van der Waals surface area contributed by atoms with Crippen LogP contribution < -0.4 is 0 Å². The summed E-state index contributed by atoms with van der Waals surface area (Å²) < 4.78 is 18.8. The summed E-state index contributed by atoms with van der Waals surface area (Å²) in [6.07, 6.45) is 1.24. The third-order valence-corrected chi connectivity index (χ3v) is 5.37. The van der Waals surface area contributed by atoms with E-state index in [1.54, 1.807) is 17.0 Å². The molecule has 0 atom stereocenters. The Morgan fingerprint density at radius 3 is 2.53 bits per heavy atom. The van der Waals surface area contributed by atoms with Gasteiger partial charge in [-0.2, -0.15) is 0 Å². The third kappa shape index (κ3) is 4.02. The Labute approximate surface area is 175 Å². The Kier molecular flexibility index (Phi) is 5.45. The monoisotopic (exact) mass is 430 g/mol. The molecule has 1 amide bonds. The van der Waals surface area contributed by atoms with Gasteiger partial charge in [0, 0.05) is 36.2 Å². The summed E-state index contributed by atoms with van der Waals surface area (Å²) in [5, 5.41) is 19.2. The molecule has 3 aromatic rings. The van der Waals surface area contributed by atoms with E-state index in [1.165, 1.54) is 30.3 Å². The number of benzene rings is 2. The number of piperidine rings is 1. The molecule has 1 fully saturated rings. The molecule has 2 heterocycles. The smallest absolute Gasteiger partial charge is 0.288 e. The molecule has 0 saturated carbocycles. The van der Waals surface area contributed by atoms with Crippen LogP contribution in [0, 0.1) is 15.9 Å². The molecule has 1 aliphatic heterocycles. The molecule has 8 nitrogen and oxygen atoms in total. The Morgan fingerprint density at radius 1 is 1.17 bits per heavy atom. The van der Waals surface area contributed by atoms with Crippen LogP contribution in [0.5, 0.6) is 0 Å². The number of likely N-dealkylation sites (tertiary alicyclic amines) is 1. The van der Waals surface area contributed by atoms with Crippen molar-refractivity contribution in [3.63, 3.8) is 0 Å². The molecule has 0 unspecified atom stereocenters. The number of nitrogens with zero attached hydrogens (tertiary/aromatic N) is 4. The van der Waals surface area contributed by atoms with E-state index in [2.05, 4.69) is 10.2 Å². The van der Waals surface area contributed by atoms with Crippen LogP contribution in [0.4, 0.5) is 10.1 Å². The predicted molar refractivity (Wildman–Crippen MR) is 106 cm³/mol. The van der Waals surface area contributed by atoms with Gasteiger partial charge >= 0.3 is 0 Å². The average molecular weight is 431 g/mol. The van der Waals surface area contributed by atoms with Gasteiger partial charge < -0.3 is 9.32 Å². The second-order valence-corrected chi connectivity index (χ2v) is 7.35. The summed E-state index contributed by atoms with van der Waals surface area (Å²) in [5.74, 6) is 0.156. The second-order valence-electron chi connectivity index (χ2n) is 6.94. The number of nitro groups is 1. The number of carbonyl (C=O) groups excluding carboxylic acids is 1. The maximum Gasteiger partial charge on any atom is 0.288 e. The highest BCUT2D eigenvalue weighted by molar-refractivity contribution is 6.32. The molecule has 30 heavy (non-hydrogen) atoms. The second kappa shape index (κ2) is 8.19. The molecule has 4 rings (SSSR count). The van der Waals surface area contributed by atoms with Crippen LogP contribution in [-0.2, 0) is 0 Å². The lowest BCUT2D eigenvalue weighted by molar-refractivity contribution is -0.384. The van der Waals surface area contributed by atoms with Crippen molar-refractivity contribution in [2.24, 2.45) is 0 Å². The zero-order valence-corrected chi connectivity index (χ0v) is 16.4. The number of rotatable bonds is 4. The lowest BCUT2D eigenvalue weighted by Crippen LogP contribution is -2.38. The lowest BCUT2D eigenvalue weighted by Gasteiger charge is -2.30. The number of aromatic nitrogens is 2. The van der Waals surface area contributed by atoms with Gasteiger partial charge in [0.15, 0.2) is 0 Å². The fraction of sp³-hybridized carbons (Fsp3) is 0.250. The molecule has 1 saturated heterocycles. The maximum atomic E-state index is 13.1. The Morgan fingerprint density at radius 2 is 1.87 bits per heavy atom. The van der Waals surface area contributed by atoms with Crippen LogP contribution >= 0.6 is 11.6 Å². The van der Waals surface area contributed by atoms with Crippen LogP contribution in [0.15, 0.2) is 46.9 Å². The molecule has 10 heteroatoms. The molecular formula is C20H16ClFN4O4. The van der Waals surface area contributed by atoms with Crippen molar-refractivity contribution in [2.45, 2.75) is 18.8 Å². The van der Waals surface area contributed by atoms with E-state index >= 15 is 0 Å². The van der Waals surface area contributed by atoms with Gasteiger partial charge in [0.2, 0.25) is 11.8 Å². The van der Waals surface area contributed by atoms with E-state index < -0.39 is 4.92 Å². The minimum absolute atomic E-state index is 0.00435. The van der Waals surface area contributed by atoms with Crippen LogP contribution in [0.2, 0.25) is 5.02 Å². The third-order valence-electron chi connectivity index (χ3n) is 5.05. The van der Waals surface area contributed by atoms with Crippen LogP contribution in [0.3, 0.4) is 0 Å². The number of carbonyl (C=O) groups is 1. The molecule has 154 valence electrons. The molecule has 0 N–H and O–H groups in total. The number of hydrogen-bond donors (Lipinski definition) is 0. The topological polar surface area (TPSA) is 102 Å². The number of hydrogen-bond acceptors (Lipinski definition) is 6. The van der Waals surface area contributed by atoms with Gasteiger partial charge in [0.1, 0.15) is 10.8 Å². The maximum absolute atomic E-state index is 13.1. The average Bonchev–Trinajstić information content (AvgIpc) is 3.24. The van der Waals surface area contributed by atoms with E-state index in [0.29, 0.717) is 43.3 Å². The normalized spacial score (nSPS) is 14.7. The molecule has 0 bridgehead atoms. The van der Waals surface area contributed by atoms with E-state index in [0.717, 1.165) is 0 Å². The summed E-state index contributed by atoms with van der Waals surface area (Å²) in [4.78, 5) is 24.8. The van der Waals surface area contributed by atoms with Gasteiger partial charge in [0.05, 0.1) is 4.92 Å². The SMILES string of the molecule is O=C(c1ccc(Cl)c([N+](=O)[O-])c1)N1CCC(c2nnc(-c3ccc(F)cc3)o2)CC1. The van der Waals surface area contributed by atoms with Crippen molar-refractivity contribution in [1.29, 1.82) is 0 Å². The first-order chi connectivity index (χ1) is 14.4. The van der Waals surface area contributed by atoms with Gasteiger partial charge in [0.25, 0.3) is 11.6 Å². The van der Waals surface area contributed by atoms with Crippen LogP contribution in [-0.4, -0.2) is 39.0 Å². The van der Waals surface area contributed by atoms with Crippen molar-refractivity contribution in [1.82, 2.24) is 15.1 Å². The van der Waals surface area contributed by atoms with Gasteiger partial charge in [-0.05, 0) is 49.2 Å². The molecule has 0 spiro atoms. The predicted octanol–water partition coefficient (Wildman–Crippen LogP) is 4.46. The molecule has 1 aliphatic rings. The molecule has 1 aromatic heterocycles. The Bertz CT molecular complexity index is 1090. The summed E-state index contributed by atoms with van der Waals surface area (Å²) in [6, 6.07) is 9.82. The lowest BCUT2D eigenvalue weighted by atomic mass is 9.96. The van der Waals surface area contributed by atoms with Gasteiger partial charge in [-0.15, -0.1) is 10.2 Å². The largest absolute Gasteiger partial charge is 0.420 e. The zero-order chi connectivity index (χ0) is 21.3. The van der Waals surface area contributed by atoms with E-state index in [9.17, 15) is 19.3 Å². The highest BCUT2D eigenvalue weighted by Crippen LogP contribution is 2.31. The zero-order valence-electron chi connectivity index (χ0n) is 15.6. The number of halogens is 2. The van der Waals surface area contributed by atoms with E-state index in [-0.39, 0.29) is 33.9 Å². The van der Waals surface area contributed by atoms with E-state index in [1.807, 2.05) is 0 Å². The van der Waals surface area contributed by atoms with Crippen LogP contribution in [0.25, 0.3) is 11.5 Å². The first-order valence-corrected chi connectivity index (χ1v) is 9.62. The molecular weight excluding hydrogens is 415 g/mol. The van der Waals surface area contributed by atoms with E-state index in [4.69, 9.17) is 16.0 Å². The van der Waals surface area contributed by atoms with Crippen molar-refractivity contribution in [3.8, 4) is 11.5 Å².